The van der Waals surface area contributed by atoms with Crippen LogP contribution >= 0.6 is 0 Å². The lowest BCUT2D eigenvalue weighted by molar-refractivity contribution is -0.149. The predicted octanol–water partition coefficient (Wildman–Crippen LogP) is 1.74. The minimum absolute atomic E-state index is 0.0419. The molecule has 0 atom stereocenters. The molecule has 178 valence electrons. The van der Waals surface area contributed by atoms with Crippen molar-refractivity contribution in [3.63, 3.8) is 0 Å². The van der Waals surface area contributed by atoms with Gasteiger partial charge in [0.1, 0.15) is 16.5 Å². The van der Waals surface area contributed by atoms with E-state index in [2.05, 4.69) is 30.8 Å². The highest BCUT2D eigenvalue weighted by Crippen LogP contribution is 2.31. The Balaban J connectivity index is 1.66. The van der Waals surface area contributed by atoms with Crippen molar-refractivity contribution in [2.24, 2.45) is 0 Å². The summed E-state index contributed by atoms with van der Waals surface area (Å²) in [6.45, 7) is -0.0500. The third-order valence-electron chi connectivity index (χ3n) is 4.93. The van der Waals surface area contributed by atoms with Crippen molar-refractivity contribution in [3.8, 4) is 0 Å². The van der Waals surface area contributed by atoms with Crippen molar-refractivity contribution >= 4 is 38.9 Å². The molecule has 4 rings (SSSR count). The number of aromatic nitrogens is 4. The van der Waals surface area contributed by atoms with Crippen LogP contribution < -0.4 is 16.0 Å². The van der Waals surface area contributed by atoms with Crippen molar-refractivity contribution in [2.45, 2.75) is 17.6 Å². The molecule has 0 aliphatic carbocycles. The number of nitrogens with zero attached hydrogens (tertiary/aromatic N) is 4. The van der Waals surface area contributed by atoms with Crippen LogP contribution in [0.2, 0.25) is 0 Å². The lowest BCUT2D eigenvalue weighted by Gasteiger charge is -2.22. The molecule has 3 aromatic rings. The van der Waals surface area contributed by atoms with Gasteiger partial charge < -0.3 is 25.4 Å². The van der Waals surface area contributed by atoms with Gasteiger partial charge in [0.05, 0.1) is 18.9 Å². The first kappa shape index (κ1) is 19.8. The van der Waals surface area contributed by atoms with Crippen LogP contribution in [0.3, 0.4) is 0 Å². The molecule has 4 heterocycles. The van der Waals surface area contributed by atoms with Gasteiger partial charge in [-0.15, -0.1) is 10.2 Å². The van der Waals surface area contributed by atoms with E-state index in [1.807, 2.05) is 5.32 Å². The van der Waals surface area contributed by atoms with Crippen LogP contribution in [0.4, 0.5) is 23.1 Å². The van der Waals surface area contributed by atoms with Gasteiger partial charge in [0, 0.05) is 41.4 Å². The lowest BCUT2D eigenvalue weighted by atomic mass is 10.1. The molecular weight excluding hydrogens is 462 g/mol. The van der Waals surface area contributed by atoms with Crippen LogP contribution in [0.15, 0.2) is 47.6 Å². The Bertz CT molecular complexity index is 1410. The Hall–Kier alpha value is -3.68. The summed E-state index contributed by atoms with van der Waals surface area (Å²) in [7, 11) is -3.69. The summed E-state index contributed by atoms with van der Waals surface area (Å²) in [6.07, 6.45) is 3.94. The molecule has 0 aromatic carbocycles. The maximum Gasteiger partial charge on any atom is 0.273 e. The zero-order valence-corrected chi connectivity index (χ0v) is 19.0. The molecule has 0 spiro atoms. The van der Waals surface area contributed by atoms with Gasteiger partial charge in [-0.1, -0.05) is 0 Å². The number of rotatable bonds is 7. The van der Waals surface area contributed by atoms with E-state index in [0.717, 1.165) is 6.26 Å². The SMILES string of the molecule is [2H]C([2H])([2H])NC(=O)c1nnc(Nc2ccc(C3(C)OCCO3)cn2)cc1Nc1ncccc1S(C)(=O)=O. The van der Waals surface area contributed by atoms with Crippen molar-refractivity contribution < 1.29 is 26.8 Å². The quantitative estimate of drug-likeness (QED) is 0.445. The fourth-order valence-electron chi connectivity index (χ4n) is 3.24. The fourth-order valence-corrected chi connectivity index (χ4v) is 4.02. The van der Waals surface area contributed by atoms with Gasteiger partial charge in [-0.05, 0) is 31.2 Å². The molecule has 13 heteroatoms. The van der Waals surface area contributed by atoms with Crippen LogP contribution in [0, 0.1) is 0 Å². The monoisotopic (exact) mass is 488 g/mol. The van der Waals surface area contributed by atoms with Crippen LogP contribution in [0.5, 0.6) is 0 Å². The first-order chi connectivity index (χ1) is 17.3. The van der Waals surface area contributed by atoms with E-state index in [4.69, 9.17) is 13.6 Å². The molecule has 1 saturated heterocycles. The summed E-state index contributed by atoms with van der Waals surface area (Å²) in [6, 6.07) is 7.56. The van der Waals surface area contributed by atoms with E-state index in [1.165, 1.54) is 24.4 Å². The molecule has 0 radical (unpaired) electrons. The molecule has 1 aliphatic rings. The Morgan fingerprint density at radius 3 is 2.59 bits per heavy atom. The maximum atomic E-state index is 12.6. The standard InChI is InChI=1S/C21H23N7O5S/c1-21(32-9-10-33-21)13-6-7-16(24-12-13)26-17-11-14(18(28-27-17)20(29)22-2)25-19-15(34(3,30)31)5-4-8-23-19/h4-8,11-12H,9-10H2,1-3H3,(H,22,29)(H2,23,24,25,26,27)/i2D3. The molecule has 1 fully saturated rings. The van der Waals surface area contributed by atoms with Gasteiger partial charge >= 0.3 is 0 Å². The van der Waals surface area contributed by atoms with E-state index in [-0.39, 0.29) is 22.2 Å². The Labute approximate surface area is 200 Å². The Morgan fingerprint density at radius 1 is 1.12 bits per heavy atom. The number of carbonyl (C=O) groups is 1. The highest BCUT2D eigenvalue weighted by molar-refractivity contribution is 7.90. The Kier molecular flexibility index (Phi) is 5.40. The largest absolute Gasteiger partial charge is 0.354 e. The molecule has 12 nitrogen and oxygen atoms in total. The average Bonchev–Trinajstić information content (AvgIpc) is 3.26. The summed E-state index contributed by atoms with van der Waals surface area (Å²) >= 11 is 0. The van der Waals surface area contributed by atoms with Crippen LogP contribution in [-0.2, 0) is 25.1 Å². The number of hydrogen-bond donors (Lipinski definition) is 3. The maximum absolute atomic E-state index is 12.6. The van der Waals surface area contributed by atoms with E-state index >= 15 is 0 Å². The van der Waals surface area contributed by atoms with Gasteiger partial charge in [0.2, 0.25) is 0 Å². The minimum Gasteiger partial charge on any atom is -0.354 e. The van der Waals surface area contributed by atoms with Crippen LogP contribution in [0.1, 0.15) is 27.1 Å². The van der Waals surface area contributed by atoms with Gasteiger partial charge in [0.15, 0.2) is 27.1 Å². The first-order valence-corrected chi connectivity index (χ1v) is 11.9. The summed E-state index contributed by atoms with van der Waals surface area (Å²) in [4.78, 5) is 20.8. The van der Waals surface area contributed by atoms with Gasteiger partial charge in [-0.3, -0.25) is 4.79 Å². The van der Waals surface area contributed by atoms with Crippen LogP contribution in [0.25, 0.3) is 0 Å². The molecule has 0 saturated carbocycles. The number of ether oxygens (including phenoxy) is 2. The fraction of sp³-hybridized carbons (Fsp3) is 0.286. The first-order valence-electron chi connectivity index (χ1n) is 11.5. The molecule has 3 aromatic heterocycles. The number of anilines is 4. The van der Waals surface area contributed by atoms with E-state index in [0.29, 0.717) is 24.6 Å². The summed E-state index contributed by atoms with van der Waals surface area (Å²) in [5, 5.41) is 15.3. The average molecular weight is 489 g/mol. The number of pyridine rings is 2. The zero-order valence-electron chi connectivity index (χ0n) is 21.2. The molecule has 1 aliphatic heterocycles. The smallest absolute Gasteiger partial charge is 0.273 e. The number of carbonyl (C=O) groups excluding carboxylic acids is 1. The Morgan fingerprint density at radius 2 is 1.91 bits per heavy atom. The number of hydrogen-bond acceptors (Lipinski definition) is 11. The molecule has 0 bridgehead atoms. The summed E-state index contributed by atoms with van der Waals surface area (Å²) in [5.41, 5.74) is 0.280. The van der Waals surface area contributed by atoms with Crippen molar-refractivity contribution in [2.75, 3.05) is 37.1 Å². The number of sulfone groups is 1. The zero-order chi connectivity index (χ0) is 26.8. The topological polar surface area (TPSA) is 157 Å². The van der Waals surface area contributed by atoms with Crippen molar-refractivity contribution in [1.29, 1.82) is 0 Å². The van der Waals surface area contributed by atoms with E-state index < -0.39 is 34.2 Å². The van der Waals surface area contributed by atoms with Gasteiger partial charge in [-0.2, -0.15) is 0 Å². The molecular formula is C21H23N7O5S. The number of amides is 1. The second-order valence-electron chi connectivity index (χ2n) is 7.39. The normalized spacial score (nSPS) is 16.7. The van der Waals surface area contributed by atoms with Crippen LogP contribution in [-0.4, -0.2) is 60.9 Å². The van der Waals surface area contributed by atoms with Crippen molar-refractivity contribution in [1.82, 2.24) is 25.5 Å². The van der Waals surface area contributed by atoms with Crippen molar-refractivity contribution in [3.05, 3.63) is 54.0 Å². The van der Waals surface area contributed by atoms with E-state index in [1.54, 1.807) is 25.3 Å². The third kappa shape index (κ3) is 4.95. The lowest BCUT2D eigenvalue weighted by Crippen LogP contribution is -2.22. The molecule has 34 heavy (non-hydrogen) atoms. The minimum atomic E-state index is -3.69. The molecule has 0 unspecified atom stereocenters. The highest BCUT2D eigenvalue weighted by Gasteiger charge is 2.33. The summed E-state index contributed by atoms with van der Waals surface area (Å²) in [5.74, 6) is -1.52. The van der Waals surface area contributed by atoms with Gasteiger partial charge in [-0.25, -0.2) is 18.4 Å². The second-order valence-corrected chi connectivity index (χ2v) is 9.38. The van der Waals surface area contributed by atoms with Gasteiger partial charge in [0.25, 0.3) is 5.91 Å². The van der Waals surface area contributed by atoms with E-state index in [9.17, 15) is 13.2 Å². The predicted molar refractivity (Wildman–Crippen MR) is 123 cm³/mol. The third-order valence-corrected chi connectivity index (χ3v) is 6.06. The molecule has 3 N–H and O–H groups in total. The molecule has 1 amide bonds. The highest BCUT2D eigenvalue weighted by atomic mass is 32.2. The number of nitrogens with one attached hydrogen (secondary N) is 3. The summed E-state index contributed by atoms with van der Waals surface area (Å²) < 4.78 is 57.6. The second kappa shape index (κ2) is 9.29.